The molecule has 3 rings (SSSR count). The number of nitrogens with two attached hydrogens (primary N) is 1. The zero-order valence-electron chi connectivity index (χ0n) is 10.6. The van der Waals surface area contributed by atoms with Crippen LogP contribution in [0.15, 0.2) is 47.4 Å². The third kappa shape index (κ3) is 2.36. The Morgan fingerprint density at radius 3 is 2.90 bits per heavy atom. The Balaban J connectivity index is 1.79. The van der Waals surface area contributed by atoms with E-state index in [-0.39, 0.29) is 17.5 Å². The number of hydrogen-bond donors (Lipinski definition) is 2. The van der Waals surface area contributed by atoms with Crippen molar-refractivity contribution in [1.82, 2.24) is 0 Å². The molecule has 1 aliphatic heterocycles. The molecule has 1 heterocycles. The van der Waals surface area contributed by atoms with E-state index < -0.39 is 5.82 Å². The molecule has 0 fully saturated rings. The molecule has 2 aromatic rings. The highest BCUT2D eigenvalue weighted by Gasteiger charge is 2.28. The Labute approximate surface area is 120 Å². The molecule has 0 aliphatic carbocycles. The highest BCUT2D eigenvalue weighted by molar-refractivity contribution is 7.99. The number of fused-ring (bicyclic) bond motifs is 1. The van der Waals surface area contributed by atoms with E-state index >= 15 is 0 Å². The molecule has 3 N–H and O–H groups in total. The molecule has 0 spiro atoms. The summed E-state index contributed by atoms with van der Waals surface area (Å²) in [4.78, 5) is 13.4. The van der Waals surface area contributed by atoms with Gasteiger partial charge in [0.2, 0.25) is 5.91 Å². The molecule has 0 bridgehead atoms. The Morgan fingerprint density at radius 2 is 2.10 bits per heavy atom. The van der Waals surface area contributed by atoms with E-state index in [9.17, 15) is 9.18 Å². The second-order valence-electron chi connectivity index (χ2n) is 4.63. The van der Waals surface area contributed by atoms with Crippen molar-refractivity contribution in [3.8, 4) is 0 Å². The van der Waals surface area contributed by atoms with Crippen LogP contribution >= 0.6 is 11.8 Å². The second-order valence-corrected chi connectivity index (χ2v) is 5.69. The van der Waals surface area contributed by atoms with Gasteiger partial charge in [-0.3, -0.25) is 4.79 Å². The predicted molar refractivity (Wildman–Crippen MR) is 79.3 cm³/mol. The number of carbonyl (C=O) groups excluding carboxylic acids is 1. The fourth-order valence-electron chi connectivity index (χ4n) is 2.21. The van der Waals surface area contributed by atoms with Crippen molar-refractivity contribution in [2.45, 2.75) is 10.8 Å². The van der Waals surface area contributed by atoms with Gasteiger partial charge in [-0.05, 0) is 29.8 Å². The molecule has 20 heavy (non-hydrogen) atoms. The minimum Gasteiger partial charge on any atom is -0.396 e. The zero-order valence-corrected chi connectivity index (χ0v) is 11.4. The fourth-order valence-corrected chi connectivity index (χ4v) is 3.44. The van der Waals surface area contributed by atoms with Crippen LogP contribution in [-0.4, -0.2) is 11.7 Å². The van der Waals surface area contributed by atoms with Gasteiger partial charge < -0.3 is 11.1 Å². The molecule has 102 valence electrons. The van der Waals surface area contributed by atoms with E-state index in [1.807, 2.05) is 24.3 Å². The average Bonchev–Trinajstić information content (AvgIpc) is 2.87. The van der Waals surface area contributed by atoms with Gasteiger partial charge in [0.1, 0.15) is 5.82 Å². The fraction of sp³-hybridized carbons (Fsp3) is 0.133. The van der Waals surface area contributed by atoms with E-state index in [2.05, 4.69) is 5.32 Å². The first-order valence-corrected chi connectivity index (χ1v) is 7.21. The van der Waals surface area contributed by atoms with Gasteiger partial charge in [-0.1, -0.05) is 18.2 Å². The number of carbonyl (C=O) groups is 1. The molecule has 1 amide bonds. The Hall–Kier alpha value is -2.01. The molecule has 2 aromatic carbocycles. The van der Waals surface area contributed by atoms with Crippen LogP contribution in [0.1, 0.15) is 11.5 Å². The summed E-state index contributed by atoms with van der Waals surface area (Å²) in [6.45, 7) is 0. The SMILES string of the molecule is Nc1ccc(NC(=O)C2CSc3ccccc32)cc1F. The van der Waals surface area contributed by atoms with Crippen molar-refractivity contribution in [3.05, 3.63) is 53.8 Å². The van der Waals surface area contributed by atoms with E-state index in [4.69, 9.17) is 5.73 Å². The van der Waals surface area contributed by atoms with Gasteiger partial charge in [0.25, 0.3) is 0 Å². The molecule has 0 saturated carbocycles. The third-order valence-corrected chi connectivity index (χ3v) is 4.47. The summed E-state index contributed by atoms with van der Waals surface area (Å²) in [7, 11) is 0. The molecule has 1 aliphatic rings. The lowest BCUT2D eigenvalue weighted by molar-refractivity contribution is -0.117. The first-order chi connectivity index (χ1) is 9.65. The molecule has 0 radical (unpaired) electrons. The number of hydrogen-bond acceptors (Lipinski definition) is 3. The quantitative estimate of drug-likeness (QED) is 0.834. The van der Waals surface area contributed by atoms with E-state index in [1.165, 1.54) is 12.1 Å². The van der Waals surface area contributed by atoms with Crippen LogP contribution in [0.3, 0.4) is 0 Å². The van der Waals surface area contributed by atoms with Crippen LogP contribution < -0.4 is 11.1 Å². The smallest absolute Gasteiger partial charge is 0.232 e. The van der Waals surface area contributed by atoms with Crippen LogP contribution in [0.2, 0.25) is 0 Å². The minimum absolute atomic E-state index is 0.0739. The third-order valence-electron chi connectivity index (χ3n) is 3.28. The van der Waals surface area contributed by atoms with Gasteiger partial charge in [-0.15, -0.1) is 11.8 Å². The maximum Gasteiger partial charge on any atom is 0.232 e. The van der Waals surface area contributed by atoms with Crippen molar-refractivity contribution < 1.29 is 9.18 Å². The topological polar surface area (TPSA) is 55.1 Å². The first-order valence-electron chi connectivity index (χ1n) is 6.23. The van der Waals surface area contributed by atoms with Gasteiger partial charge >= 0.3 is 0 Å². The Kier molecular flexibility index (Phi) is 3.36. The van der Waals surface area contributed by atoms with E-state index in [0.29, 0.717) is 11.4 Å². The summed E-state index contributed by atoms with van der Waals surface area (Å²) in [5.41, 5.74) is 6.95. The maximum absolute atomic E-state index is 13.4. The number of anilines is 2. The Bertz CT molecular complexity index is 675. The first kappa shape index (κ1) is 13.0. The normalized spacial score (nSPS) is 16.8. The largest absolute Gasteiger partial charge is 0.396 e. The summed E-state index contributed by atoms with van der Waals surface area (Å²) in [6, 6.07) is 12.1. The average molecular weight is 288 g/mol. The Morgan fingerprint density at radius 1 is 1.30 bits per heavy atom. The van der Waals surface area contributed by atoms with Crippen molar-refractivity contribution in [1.29, 1.82) is 0 Å². The number of halogens is 1. The summed E-state index contributed by atoms with van der Waals surface area (Å²) in [6.07, 6.45) is 0. The van der Waals surface area contributed by atoms with E-state index in [1.54, 1.807) is 17.8 Å². The molecular weight excluding hydrogens is 275 g/mol. The summed E-state index contributed by atoms with van der Waals surface area (Å²) in [5, 5.41) is 2.74. The number of benzene rings is 2. The van der Waals surface area contributed by atoms with Crippen LogP contribution in [0, 0.1) is 5.82 Å². The number of amides is 1. The molecule has 1 atom stereocenters. The van der Waals surface area contributed by atoms with Crippen molar-refractivity contribution >= 4 is 29.0 Å². The number of thioether (sulfide) groups is 1. The van der Waals surface area contributed by atoms with Gasteiger partial charge in [0, 0.05) is 16.3 Å². The summed E-state index contributed by atoms with van der Waals surface area (Å²) < 4.78 is 13.4. The summed E-state index contributed by atoms with van der Waals surface area (Å²) >= 11 is 1.67. The zero-order chi connectivity index (χ0) is 14.1. The van der Waals surface area contributed by atoms with Crippen LogP contribution in [-0.2, 0) is 4.79 Å². The highest BCUT2D eigenvalue weighted by atomic mass is 32.2. The van der Waals surface area contributed by atoms with Crippen molar-refractivity contribution in [2.75, 3.05) is 16.8 Å². The minimum atomic E-state index is -0.524. The van der Waals surface area contributed by atoms with Gasteiger partial charge in [-0.25, -0.2) is 4.39 Å². The van der Waals surface area contributed by atoms with Crippen LogP contribution in [0.5, 0.6) is 0 Å². The number of nitrogens with one attached hydrogen (secondary N) is 1. The molecule has 5 heteroatoms. The lowest BCUT2D eigenvalue weighted by atomic mass is 10.0. The van der Waals surface area contributed by atoms with Crippen LogP contribution in [0.4, 0.5) is 15.8 Å². The monoisotopic (exact) mass is 288 g/mol. The maximum atomic E-state index is 13.4. The molecule has 3 nitrogen and oxygen atoms in total. The lowest BCUT2D eigenvalue weighted by Gasteiger charge is -2.12. The van der Waals surface area contributed by atoms with Crippen LogP contribution in [0.25, 0.3) is 0 Å². The lowest BCUT2D eigenvalue weighted by Crippen LogP contribution is -2.21. The van der Waals surface area contributed by atoms with Crippen molar-refractivity contribution in [2.24, 2.45) is 0 Å². The molecule has 1 unspecified atom stereocenters. The van der Waals surface area contributed by atoms with Gasteiger partial charge in [0.15, 0.2) is 0 Å². The van der Waals surface area contributed by atoms with Crippen molar-refractivity contribution in [3.63, 3.8) is 0 Å². The highest BCUT2D eigenvalue weighted by Crippen LogP contribution is 2.39. The molecular formula is C15H13FN2OS. The standard InChI is InChI=1S/C15H13FN2OS/c16-12-7-9(5-6-13(12)17)18-15(19)11-8-20-14-4-2-1-3-10(11)14/h1-7,11H,8,17H2,(H,18,19). The molecule has 0 aromatic heterocycles. The predicted octanol–water partition coefficient (Wildman–Crippen LogP) is 3.24. The van der Waals surface area contributed by atoms with Gasteiger partial charge in [0.05, 0.1) is 11.6 Å². The van der Waals surface area contributed by atoms with Gasteiger partial charge in [-0.2, -0.15) is 0 Å². The number of rotatable bonds is 2. The second kappa shape index (κ2) is 5.17. The summed E-state index contributed by atoms with van der Waals surface area (Å²) in [5.74, 6) is -0.129. The molecule has 0 saturated heterocycles. The number of nitrogen functional groups attached to an aromatic ring is 1. The van der Waals surface area contributed by atoms with E-state index in [0.717, 1.165) is 10.5 Å².